The number of rotatable bonds is 23. The molecule has 190 valence electrons. The fourth-order valence-electron chi connectivity index (χ4n) is 2.90. The molecular weight excluding hydrogens is 480 g/mol. The second-order valence-corrected chi connectivity index (χ2v) is 8.58. The van der Waals surface area contributed by atoms with E-state index in [-0.39, 0.29) is 12.3 Å². The van der Waals surface area contributed by atoms with Gasteiger partial charge in [0.05, 0.1) is 26.2 Å². The molecule has 0 bridgehead atoms. The van der Waals surface area contributed by atoms with E-state index in [0.29, 0.717) is 32.7 Å². The zero-order valence-electron chi connectivity index (χ0n) is 21.0. The number of ether oxygens (including phenoxy) is 3. The van der Waals surface area contributed by atoms with Crippen LogP contribution in [-0.2, 0) is 19.0 Å². The van der Waals surface area contributed by atoms with E-state index in [1.54, 1.807) is 0 Å². The summed E-state index contributed by atoms with van der Waals surface area (Å²) in [6, 6.07) is 0. The van der Waals surface area contributed by atoms with Gasteiger partial charge in [-0.15, -0.1) is 0 Å². The molecule has 0 heterocycles. The van der Waals surface area contributed by atoms with Crippen molar-refractivity contribution in [3.8, 4) is 0 Å². The summed E-state index contributed by atoms with van der Waals surface area (Å²) in [7, 11) is 0. The van der Waals surface area contributed by atoms with E-state index >= 15 is 0 Å². The topological polar surface area (TPSA) is 44.8 Å². The number of allylic oxidation sites excluding steroid dienone is 6. The van der Waals surface area contributed by atoms with E-state index in [1.165, 1.54) is 12.8 Å². The van der Waals surface area contributed by atoms with Gasteiger partial charge in [-0.25, -0.2) is 0 Å². The minimum atomic E-state index is -0.377. The molecule has 0 aromatic heterocycles. The summed E-state index contributed by atoms with van der Waals surface area (Å²) in [6.45, 7) is 5.94. The van der Waals surface area contributed by atoms with Crippen molar-refractivity contribution in [2.24, 2.45) is 0 Å². The first-order valence-electron chi connectivity index (χ1n) is 12.8. The van der Waals surface area contributed by atoms with Crippen LogP contribution >= 0.6 is 15.9 Å². The van der Waals surface area contributed by atoms with Gasteiger partial charge >= 0.3 is 5.97 Å². The number of esters is 1. The van der Waals surface area contributed by atoms with Crippen molar-refractivity contribution in [2.45, 2.75) is 97.2 Å². The number of unbranched alkanes of at least 4 members (excludes halogenated alkanes) is 3. The molecule has 0 N–H and O–H groups in total. The lowest BCUT2D eigenvalue weighted by atomic mass is 10.2. The van der Waals surface area contributed by atoms with Gasteiger partial charge in [-0.2, -0.15) is 0 Å². The van der Waals surface area contributed by atoms with Gasteiger partial charge in [-0.1, -0.05) is 91.2 Å². The molecule has 1 atom stereocenters. The number of alkyl halides is 1. The molecule has 0 spiro atoms. The molecule has 1 unspecified atom stereocenters. The van der Waals surface area contributed by atoms with Crippen molar-refractivity contribution >= 4 is 21.9 Å². The third kappa shape index (κ3) is 25.3. The molecule has 0 aliphatic carbocycles. The number of hydrogen-bond acceptors (Lipinski definition) is 4. The van der Waals surface area contributed by atoms with Crippen LogP contribution in [0.25, 0.3) is 0 Å². The fraction of sp³-hybridized carbons (Fsp3) is 0.679. The van der Waals surface area contributed by atoms with E-state index < -0.39 is 0 Å². The first-order valence-corrected chi connectivity index (χ1v) is 13.9. The Balaban J connectivity index is 4.22. The quantitative estimate of drug-likeness (QED) is 0.0441. The molecule has 0 saturated carbocycles. The average Bonchev–Trinajstić information content (AvgIpc) is 2.82. The van der Waals surface area contributed by atoms with Gasteiger partial charge in [0.25, 0.3) is 0 Å². The second-order valence-electron chi connectivity index (χ2n) is 7.78. The molecule has 0 aliphatic rings. The summed E-state index contributed by atoms with van der Waals surface area (Å²) in [5, 5.41) is 1.03. The summed E-state index contributed by atoms with van der Waals surface area (Å²) in [5.41, 5.74) is 0. The van der Waals surface area contributed by atoms with Crippen molar-refractivity contribution < 1.29 is 19.0 Å². The highest BCUT2D eigenvalue weighted by molar-refractivity contribution is 9.09. The van der Waals surface area contributed by atoms with Crippen LogP contribution in [0.2, 0.25) is 0 Å². The molecule has 0 saturated heterocycles. The molecular formula is C28H47BrO4. The number of carbonyl (C=O) groups is 1. The van der Waals surface area contributed by atoms with Crippen molar-refractivity contribution in [2.75, 3.05) is 25.2 Å². The molecule has 4 nitrogen and oxygen atoms in total. The zero-order chi connectivity index (χ0) is 24.2. The van der Waals surface area contributed by atoms with Crippen molar-refractivity contribution in [3.63, 3.8) is 0 Å². The normalized spacial score (nSPS) is 13.2. The van der Waals surface area contributed by atoms with Gasteiger partial charge in [0, 0.05) is 11.8 Å². The zero-order valence-corrected chi connectivity index (χ0v) is 22.6. The van der Waals surface area contributed by atoms with Crippen LogP contribution in [0.4, 0.5) is 0 Å². The number of halogens is 1. The predicted molar refractivity (Wildman–Crippen MR) is 144 cm³/mol. The largest absolute Gasteiger partial charge is 0.466 e. The Morgan fingerprint density at radius 1 is 0.727 bits per heavy atom. The molecule has 0 fully saturated rings. The van der Waals surface area contributed by atoms with Crippen LogP contribution in [-0.4, -0.2) is 37.4 Å². The van der Waals surface area contributed by atoms with Crippen LogP contribution in [0.5, 0.6) is 0 Å². The highest BCUT2D eigenvalue weighted by Gasteiger charge is 2.13. The van der Waals surface area contributed by atoms with Gasteiger partial charge in [0.15, 0.2) is 6.29 Å². The molecule has 0 aliphatic heterocycles. The highest BCUT2D eigenvalue weighted by atomic mass is 79.9. The smallest absolute Gasteiger partial charge is 0.305 e. The Kier molecular flexibility index (Phi) is 26.1. The summed E-state index contributed by atoms with van der Waals surface area (Å²) < 4.78 is 17.2. The lowest BCUT2D eigenvalue weighted by Crippen LogP contribution is -2.20. The molecule has 0 rings (SSSR count). The van der Waals surface area contributed by atoms with Crippen LogP contribution in [0.3, 0.4) is 0 Å². The lowest BCUT2D eigenvalue weighted by molar-refractivity contribution is -0.158. The van der Waals surface area contributed by atoms with Crippen molar-refractivity contribution in [3.05, 3.63) is 48.6 Å². The maximum atomic E-state index is 12.1. The molecule has 0 radical (unpaired) electrons. The molecule has 0 aromatic carbocycles. The predicted octanol–water partition coefficient (Wildman–Crippen LogP) is 8.23. The minimum absolute atomic E-state index is 0.169. The van der Waals surface area contributed by atoms with E-state index in [9.17, 15) is 4.79 Å². The fourth-order valence-corrected chi connectivity index (χ4v) is 3.30. The monoisotopic (exact) mass is 526 g/mol. The van der Waals surface area contributed by atoms with E-state index in [2.05, 4.69) is 78.4 Å². The Hall–Kier alpha value is -1.17. The highest BCUT2D eigenvalue weighted by Crippen LogP contribution is 2.09. The van der Waals surface area contributed by atoms with Gasteiger partial charge in [0.1, 0.15) is 0 Å². The van der Waals surface area contributed by atoms with Gasteiger partial charge in [-0.3, -0.25) is 4.79 Å². The van der Waals surface area contributed by atoms with E-state index in [1.807, 2.05) is 0 Å². The van der Waals surface area contributed by atoms with Gasteiger partial charge in [-0.05, 0) is 51.4 Å². The molecule has 0 aromatic rings. The summed E-state index contributed by atoms with van der Waals surface area (Å²) >= 11 is 3.43. The second kappa shape index (κ2) is 27.1. The molecule has 5 heteroatoms. The van der Waals surface area contributed by atoms with Gasteiger partial charge in [0.2, 0.25) is 0 Å². The third-order valence-corrected chi connectivity index (χ3v) is 5.29. The molecule has 0 amide bonds. The SMILES string of the molecule is CCC=CC/C=C/CCOC(CCC(=O)OCCCCCCBr)OCC/C=C/C/C=C/CC. The lowest BCUT2D eigenvalue weighted by Gasteiger charge is -2.18. The van der Waals surface area contributed by atoms with Crippen LogP contribution < -0.4 is 0 Å². The van der Waals surface area contributed by atoms with Crippen LogP contribution in [0.15, 0.2) is 48.6 Å². The van der Waals surface area contributed by atoms with Crippen LogP contribution in [0.1, 0.15) is 90.9 Å². The Morgan fingerprint density at radius 3 is 1.82 bits per heavy atom. The summed E-state index contributed by atoms with van der Waals surface area (Å²) in [4.78, 5) is 12.1. The first-order chi connectivity index (χ1) is 16.2. The number of carbonyl (C=O) groups excluding carboxylic acids is 1. The molecule has 33 heavy (non-hydrogen) atoms. The first kappa shape index (κ1) is 31.8. The maximum absolute atomic E-state index is 12.1. The average molecular weight is 528 g/mol. The number of hydrogen-bond donors (Lipinski definition) is 0. The van der Waals surface area contributed by atoms with Crippen molar-refractivity contribution in [1.82, 2.24) is 0 Å². The van der Waals surface area contributed by atoms with Crippen LogP contribution in [0, 0.1) is 0 Å². The Morgan fingerprint density at radius 2 is 1.27 bits per heavy atom. The summed E-state index contributed by atoms with van der Waals surface area (Å²) in [6.07, 6.45) is 27.8. The van der Waals surface area contributed by atoms with E-state index in [0.717, 1.165) is 56.7 Å². The Bertz CT molecular complexity index is 508. The summed E-state index contributed by atoms with van der Waals surface area (Å²) in [5.74, 6) is -0.169. The standard InChI is InChI=1S/C28H47BrO4/c1-3-5-7-9-11-14-19-25-32-28(33-26-20-15-12-10-8-6-4-2)22-21-27(30)31-24-18-16-13-17-23-29/h5-8,11-12,14-15,28H,3-4,9-10,13,16-26H2,1-2H3/b7-5+,8-6?,14-11+,15-12+. The van der Waals surface area contributed by atoms with E-state index in [4.69, 9.17) is 14.2 Å². The van der Waals surface area contributed by atoms with Gasteiger partial charge < -0.3 is 14.2 Å². The van der Waals surface area contributed by atoms with Crippen molar-refractivity contribution in [1.29, 1.82) is 0 Å². The Labute approximate surface area is 211 Å². The minimum Gasteiger partial charge on any atom is -0.466 e. The maximum Gasteiger partial charge on any atom is 0.305 e. The third-order valence-electron chi connectivity index (χ3n) is 4.73.